The number of rotatable bonds is 4. The Morgan fingerprint density at radius 2 is 2.05 bits per heavy atom. The van der Waals surface area contributed by atoms with Gasteiger partial charge < -0.3 is 0 Å². The van der Waals surface area contributed by atoms with Crippen LogP contribution in [0.15, 0.2) is 32.3 Å². The van der Waals surface area contributed by atoms with Crippen LogP contribution in [0.3, 0.4) is 0 Å². The van der Waals surface area contributed by atoms with Crippen LogP contribution in [-0.4, -0.2) is 13.3 Å². The van der Waals surface area contributed by atoms with Gasteiger partial charge in [0.1, 0.15) is 9.90 Å². The Labute approximate surface area is 138 Å². The topological polar surface area (TPSA) is 89.3 Å². The number of benzene rings is 1. The van der Waals surface area contributed by atoms with Gasteiger partial charge in [-0.2, -0.15) is 0 Å². The van der Waals surface area contributed by atoms with Gasteiger partial charge in [-0.25, -0.2) is 8.42 Å². The van der Waals surface area contributed by atoms with E-state index in [1.165, 1.54) is 18.2 Å². The zero-order valence-electron chi connectivity index (χ0n) is 10.5. The molecule has 112 valence electrons. The average molecular weight is 412 g/mol. The minimum absolute atomic E-state index is 0.0566. The number of nitro groups is 1. The predicted octanol–water partition coefficient (Wildman–Crippen LogP) is 4.18. The Morgan fingerprint density at radius 3 is 2.57 bits per heavy atom. The number of anilines is 1. The van der Waals surface area contributed by atoms with Crippen molar-refractivity contribution in [2.45, 2.75) is 11.1 Å². The van der Waals surface area contributed by atoms with Gasteiger partial charge in [0.2, 0.25) is 0 Å². The maximum absolute atomic E-state index is 12.3. The van der Waals surface area contributed by atoms with Gasteiger partial charge in [0.25, 0.3) is 15.7 Å². The number of thiophene rings is 1. The number of hydrogen-bond acceptors (Lipinski definition) is 5. The fourth-order valence-corrected chi connectivity index (χ4v) is 4.97. The largest absolute Gasteiger partial charge is 0.293 e. The predicted molar refractivity (Wildman–Crippen MR) is 85.7 cm³/mol. The molecule has 1 aromatic heterocycles. The number of nitrogens with zero attached hydrogens (tertiary/aromatic N) is 1. The molecule has 0 amide bonds. The maximum atomic E-state index is 12.3. The van der Waals surface area contributed by atoms with E-state index in [-0.39, 0.29) is 20.6 Å². The molecule has 0 bridgehead atoms. The van der Waals surface area contributed by atoms with E-state index in [9.17, 15) is 18.5 Å². The zero-order chi connectivity index (χ0) is 15.8. The third-order valence-corrected chi connectivity index (χ3v) is 6.71. The van der Waals surface area contributed by atoms with E-state index >= 15 is 0 Å². The molecular weight excluding hydrogens is 404 g/mol. The molecule has 6 nitrogen and oxygen atoms in total. The van der Waals surface area contributed by atoms with Crippen LogP contribution in [0.2, 0.25) is 5.02 Å². The average Bonchev–Trinajstić information content (AvgIpc) is 2.69. The Bertz CT molecular complexity index is 800. The number of nitrogens with one attached hydrogen (secondary N) is 1. The molecular formula is C11H8BrClN2O4S2. The summed E-state index contributed by atoms with van der Waals surface area (Å²) in [6.45, 7) is 1.75. The van der Waals surface area contributed by atoms with Crippen molar-refractivity contribution in [3.63, 3.8) is 0 Å². The molecule has 0 aliphatic rings. The van der Waals surface area contributed by atoms with Gasteiger partial charge in [0, 0.05) is 11.1 Å². The highest BCUT2D eigenvalue weighted by Crippen LogP contribution is 2.34. The van der Waals surface area contributed by atoms with Crippen molar-refractivity contribution in [2.75, 3.05) is 4.72 Å². The van der Waals surface area contributed by atoms with Crippen LogP contribution in [0.4, 0.5) is 11.4 Å². The van der Waals surface area contributed by atoms with Crippen LogP contribution >= 0.6 is 38.9 Å². The fraction of sp³-hybridized carbons (Fsp3) is 0.0909. The lowest BCUT2D eigenvalue weighted by Crippen LogP contribution is -2.12. The molecule has 2 rings (SSSR count). The molecule has 0 unspecified atom stereocenters. The Morgan fingerprint density at radius 1 is 1.38 bits per heavy atom. The van der Waals surface area contributed by atoms with Crippen molar-refractivity contribution in [2.24, 2.45) is 0 Å². The minimum Gasteiger partial charge on any atom is -0.272 e. The molecule has 0 saturated carbocycles. The van der Waals surface area contributed by atoms with E-state index in [0.29, 0.717) is 3.79 Å². The number of nitro benzene ring substituents is 1. The van der Waals surface area contributed by atoms with Crippen LogP contribution in [0.5, 0.6) is 0 Å². The number of hydrogen-bond donors (Lipinski definition) is 1. The molecule has 0 spiro atoms. The van der Waals surface area contributed by atoms with Crippen molar-refractivity contribution in [1.29, 1.82) is 0 Å². The fourth-order valence-electron chi connectivity index (χ4n) is 1.51. The molecule has 0 saturated heterocycles. The van der Waals surface area contributed by atoms with Gasteiger partial charge in [0.05, 0.1) is 8.71 Å². The molecule has 0 aliphatic heterocycles. The first kappa shape index (κ1) is 16.2. The minimum atomic E-state index is -3.91. The first-order chi connectivity index (χ1) is 9.70. The van der Waals surface area contributed by atoms with Gasteiger partial charge in [-0.15, -0.1) is 11.3 Å². The van der Waals surface area contributed by atoms with Crippen molar-refractivity contribution in [1.82, 2.24) is 0 Å². The second kappa shape index (κ2) is 5.91. The maximum Gasteiger partial charge on any atom is 0.293 e. The second-order valence-electron chi connectivity index (χ2n) is 4.05. The quantitative estimate of drug-likeness (QED) is 0.603. The third-order valence-electron chi connectivity index (χ3n) is 2.50. The van der Waals surface area contributed by atoms with Crippen LogP contribution in [0, 0.1) is 17.0 Å². The monoisotopic (exact) mass is 410 g/mol. The highest BCUT2D eigenvalue weighted by molar-refractivity contribution is 9.11. The lowest BCUT2D eigenvalue weighted by atomic mass is 10.3. The third kappa shape index (κ3) is 3.54. The van der Waals surface area contributed by atoms with Crippen LogP contribution in [0.1, 0.15) is 5.56 Å². The van der Waals surface area contributed by atoms with Crippen molar-refractivity contribution in [3.8, 4) is 0 Å². The summed E-state index contributed by atoms with van der Waals surface area (Å²) >= 11 is 10.0. The van der Waals surface area contributed by atoms with E-state index < -0.39 is 14.9 Å². The van der Waals surface area contributed by atoms with Crippen molar-refractivity contribution in [3.05, 3.63) is 48.8 Å². The first-order valence-electron chi connectivity index (χ1n) is 5.43. The molecule has 0 fully saturated rings. The molecule has 1 aromatic carbocycles. The Balaban J connectivity index is 2.45. The number of aryl methyl sites for hydroxylation is 1. The first-order valence-corrected chi connectivity index (χ1v) is 8.90. The highest BCUT2D eigenvalue weighted by Gasteiger charge is 2.23. The summed E-state index contributed by atoms with van der Waals surface area (Å²) in [5.41, 5.74) is 0.228. The SMILES string of the molecule is Cc1cc(S(=O)(=O)Nc2cc(Cl)ccc2[N+](=O)[O-])sc1Br. The van der Waals surface area contributed by atoms with Gasteiger partial charge >= 0.3 is 0 Å². The summed E-state index contributed by atoms with van der Waals surface area (Å²) in [6.07, 6.45) is 0. The summed E-state index contributed by atoms with van der Waals surface area (Å²) in [5.74, 6) is 0. The number of halogens is 2. The van der Waals surface area contributed by atoms with Gasteiger partial charge in [-0.1, -0.05) is 11.6 Å². The van der Waals surface area contributed by atoms with E-state index in [1.807, 2.05) is 0 Å². The Hall–Kier alpha value is -1.16. The summed E-state index contributed by atoms with van der Waals surface area (Å²) in [4.78, 5) is 10.3. The molecule has 0 radical (unpaired) electrons. The van der Waals surface area contributed by atoms with E-state index in [4.69, 9.17) is 11.6 Å². The molecule has 2 aromatic rings. The lowest BCUT2D eigenvalue weighted by molar-refractivity contribution is -0.383. The van der Waals surface area contributed by atoms with E-state index in [1.54, 1.807) is 6.92 Å². The molecule has 10 heteroatoms. The normalized spacial score (nSPS) is 11.4. The Kier molecular flexibility index (Phi) is 4.57. The zero-order valence-corrected chi connectivity index (χ0v) is 14.4. The molecule has 21 heavy (non-hydrogen) atoms. The van der Waals surface area contributed by atoms with Crippen LogP contribution in [0.25, 0.3) is 0 Å². The summed E-state index contributed by atoms with van der Waals surface area (Å²) in [5, 5.41) is 11.1. The number of sulfonamides is 1. The lowest BCUT2D eigenvalue weighted by Gasteiger charge is -2.07. The molecule has 0 aliphatic carbocycles. The van der Waals surface area contributed by atoms with E-state index in [2.05, 4.69) is 20.7 Å². The summed E-state index contributed by atoms with van der Waals surface area (Å²) < 4.78 is 27.5. The highest BCUT2D eigenvalue weighted by atomic mass is 79.9. The van der Waals surface area contributed by atoms with Crippen molar-refractivity contribution >= 4 is 60.3 Å². The standard InChI is InChI=1S/C11H8BrClN2O4S2/c1-6-4-10(20-11(6)12)21(18,19)14-8-5-7(13)2-3-9(8)15(16)17/h2-5,14H,1H3. The summed E-state index contributed by atoms with van der Waals surface area (Å²) in [6, 6.07) is 5.15. The van der Waals surface area contributed by atoms with Gasteiger partial charge in [0.15, 0.2) is 0 Å². The summed E-state index contributed by atoms with van der Waals surface area (Å²) in [7, 11) is -3.91. The smallest absolute Gasteiger partial charge is 0.272 e. The van der Waals surface area contributed by atoms with E-state index in [0.717, 1.165) is 23.0 Å². The second-order valence-corrected chi connectivity index (χ2v) is 8.76. The molecule has 1 heterocycles. The van der Waals surface area contributed by atoms with Crippen LogP contribution in [-0.2, 0) is 10.0 Å². The van der Waals surface area contributed by atoms with Gasteiger partial charge in [-0.05, 0) is 46.6 Å². The van der Waals surface area contributed by atoms with Gasteiger partial charge in [-0.3, -0.25) is 14.8 Å². The molecule has 0 atom stereocenters. The van der Waals surface area contributed by atoms with Crippen molar-refractivity contribution < 1.29 is 13.3 Å². The molecule has 1 N–H and O–H groups in total. The van der Waals surface area contributed by atoms with Crippen LogP contribution < -0.4 is 4.72 Å².